The molecule has 0 aliphatic heterocycles. The van der Waals surface area contributed by atoms with Crippen LogP contribution in [0.2, 0.25) is 0 Å². The Labute approximate surface area is 318 Å². The number of hydrogen-bond acceptors (Lipinski definition) is 5. The van der Waals surface area contributed by atoms with Gasteiger partial charge in [0.1, 0.15) is 13.2 Å². The number of likely N-dealkylation sites (N-methyl/N-ethyl adjacent to an activating group) is 1. The molecule has 0 spiro atoms. The molecule has 0 aromatic carbocycles. The van der Waals surface area contributed by atoms with Crippen LogP contribution in [0.5, 0.6) is 0 Å². The average Bonchev–Trinajstić information content (AvgIpc) is 3.09. The van der Waals surface area contributed by atoms with Gasteiger partial charge >= 0.3 is 7.82 Å². The van der Waals surface area contributed by atoms with E-state index in [2.05, 4.69) is 92.1 Å². The Balaban J connectivity index is 4.59. The summed E-state index contributed by atoms with van der Waals surface area (Å²) in [6.07, 6.45) is 46.5. The summed E-state index contributed by atoms with van der Waals surface area (Å²) in [6.45, 7) is 4.58. The Kier molecular flexibility index (Phi) is 32.9. The molecule has 0 rings (SSSR count). The fraction of sp³-hybridized carbons (Fsp3) is 0.651. The van der Waals surface area contributed by atoms with Gasteiger partial charge in [-0.15, -0.1) is 0 Å². The third kappa shape index (κ3) is 36.1. The zero-order valence-electron chi connectivity index (χ0n) is 33.5. The molecule has 0 aliphatic carbocycles. The van der Waals surface area contributed by atoms with Crippen molar-refractivity contribution in [3.05, 3.63) is 85.1 Å². The fourth-order valence-electron chi connectivity index (χ4n) is 4.90. The fourth-order valence-corrected chi connectivity index (χ4v) is 5.64. The number of nitrogens with zero attached hydrogens (tertiary/aromatic N) is 1. The molecule has 3 unspecified atom stereocenters. The standard InChI is InChI=1S/C43H75N2O6P/c1-6-8-10-12-14-16-18-19-20-21-22-23-24-25-27-29-31-33-35-37-43(47)44-41(40-51-52(48,49)50-39-38-45(3,4)5)42(46)36-34-32-30-28-26-17-15-13-11-9-7-2/h8,10,14,16,19-20,22-23,25-28,34,36,41-42,46H,6-7,9,11-13,15,17-18,21,24,29-33,35,37-40H2,1-5H3,(H-,44,47,48,49)/p+1/b10-8-,16-14-,20-19-,23-22-,27-25-,28-26+,36-34+. The van der Waals surface area contributed by atoms with Crippen molar-refractivity contribution in [2.24, 2.45) is 0 Å². The summed E-state index contributed by atoms with van der Waals surface area (Å²) in [6, 6.07) is -0.883. The van der Waals surface area contributed by atoms with Gasteiger partial charge < -0.3 is 19.8 Å². The highest BCUT2D eigenvalue weighted by atomic mass is 31.2. The van der Waals surface area contributed by atoms with Crippen molar-refractivity contribution in [1.29, 1.82) is 0 Å². The Morgan fingerprint density at radius 1 is 0.673 bits per heavy atom. The molecule has 8 nitrogen and oxygen atoms in total. The maximum Gasteiger partial charge on any atom is 0.472 e. The summed E-state index contributed by atoms with van der Waals surface area (Å²) >= 11 is 0. The molecular formula is C43H76N2O6P+. The quantitative estimate of drug-likeness (QED) is 0.0262. The number of amides is 1. The molecule has 0 bridgehead atoms. The molecule has 3 N–H and O–H groups in total. The van der Waals surface area contributed by atoms with Gasteiger partial charge in [0.25, 0.3) is 0 Å². The van der Waals surface area contributed by atoms with Crippen molar-refractivity contribution in [2.45, 2.75) is 142 Å². The molecule has 0 saturated heterocycles. The first kappa shape index (κ1) is 49.7. The van der Waals surface area contributed by atoms with E-state index in [1.807, 2.05) is 27.2 Å². The number of carbonyl (C=O) groups excluding carboxylic acids is 1. The minimum absolute atomic E-state index is 0.0443. The van der Waals surface area contributed by atoms with Gasteiger partial charge in [0.15, 0.2) is 0 Å². The van der Waals surface area contributed by atoms with Crippen LogP contribution in [-0.4, -0.2) is 73.4 Å². The van der Waals surface area contributed by atoms with E-state index in [0.717, 1.165) is 70.6 Å². The Morgan fingerprint density at radius 2 is 1.17 bits per heavy atom. The van der Waals surface area contributed by atoms with Crippen molar-refractivity contribution in [3.8, 4) is 0 Å². The van der Waals surface area contributed by atoms with Crippen LogP contribution >= 0.6 is 7.82 Å². The number of aliphatic hydroxyl groups is 1. The molecule has 0 fully saturated rings. The van der Waals surface area contributed by atoms with Crippen LogP contribution in [0.15, 0.2) is 85.1 Å². The summed E-state index contributed by atoms with van der Waals surface area (Å²) in [7, 11) is 1.51. The van der Waals surface area contributed by atoms with Gasteiger partial charge in [-0.3, -0.25) is 13.8 Å². The predicted molar refractivity (Wildman–Crippen MR) is 221 cm³/mol. The number of hydrogen-bond donors (Lipinski definition) is 3. The lowest BCUT2D eigenvalue weighted by Gasteiger charge is -2.25. The Bertz CT molecular complexity index is 1120. The van der Waals surface area contributed by atoms with E-state index in [1.54, 1.807) is 6.08 Å². The molecule has 9 heteroatoms. The van der Waals surface area contributed by atoms with E-state index in [9.17, 15) is 19.4 Å². The minimum atomic E-state index is -4.35. The highest BCUT2D eigenvalue weighted by Gasteiger charge is 2.27. The van der Waals surface area contributed by atoms with Crippen molar-refractivity contribution >= 4 is 13.7 Å². The third-order valence-corrected chi connectivity index (χ3v) is 9.08. The highest BCUT2D eigenvalue weighted by molar-refractivity contribution is 7.47. The summed E-state index contributed by atoms with van der Waals surface area (Å²) in [4.78, 5) is 23.0. The average molecular weight is 748 g/mol. The molecule has 0 saturated carbocycles. The van der Waals surface area contributed by atoms with Crippen LogP contribution in [0, 0.1) is 0 Å². The molecule has 0 aromatic heterocycles. The minimum Gasteiger partial charge on any atom is -0.387 e. The molecular weight excluding hydrogens is 671 g/mol. The normalized spacial score (nSPS) is 15.4. The molecule has 52 heavy (non-hydrogen) atoms. The summed E-state index contributed by atoms with van der Waals surface area (Å²) < 4.78 is 23.4. The van der Waals surface area contributed by atoms with Crippen LogP contribution in [-0.2, 0) is 18.4 Å². The maximum absolute atomic E-state index is 12.8. The molecule has 0 heterocycles. The number of phosphoric acid groups is 1. The molecule has 1 amide bonds. The lowest BCUT2D eigenvalue weighted by Crippen LogP contribution is -2.45. The van der Waals surface area contributed by atoms with E-state index in [4.69, 9.17) is 9.05 Å². The van der Waals surface area contributed by atoms with Gasteiger partial charge in [0, 0.05) is 6.42 Å². The number of carbonyl (C=O) groups is 1. The number of phosphoric ester groups is 1. The van der Waals surface area contributed by atoms with Crippen LogP contribution in [0.3, 0.4) is 0 Å². The molecule has 0 radical (unpaired) electrons. The lowest BCUT2D eigenvalue weighted by atomic mass is 10.1. The molecule has 3 atom stereocenters. The molecule has 0 aromatic rings. The number of allylic oxidation sites excluding steroid dienone is 13. The van der Waals surface area contributed by atoms with Gasteiger partial charge in [-0.25, -0.2) is 4.57 Å². The van der Waals surface area contributed by atoms with Gasteiger partial charge in [-0.1, -0.05) is 131 Å². The number of unbranched alkanes of at least 4 members (excludes halogenated alkanes) is 9. The second-order valence-corrected chi connectivity index (χ2v) is 15.7. The zero-order chi connectivity index (χ0) is 38.6. The number of rotatable bonds is 34. The smallest absolute Gasteiger partial charge is 0.387 e. The van der Waals surface area contributed by atoms with Crippen molar-refractivity contribution in [2.75, 3.05) is 40.9 Å². The van der Waals surface area contributed by atoms with Crippen LogP contribution in [0.4, 0.5) is 0 Å². The topological polar surface area (TPSA) is 105 Å². The first-order chi connectivity index (χ1) is 25.0. The SMILES string of the molecule is CC/C=C\C/C=C\C/C=C\C/C=C\C/C=C\CCCCCC(=O)NC(COP(=O)(O)OCC[N+](C)(C)C)C(O)/C=C/CC/C=C/CCCCCCC. The second kappa shape index (κ2) is 34.4. The van der Waals surface area contributed by atoms with Crippen LogP contribution in [0.1, 0.15) is 129 Å². The van der Waals surface area contributed by atoms with Crippen molar-refractivity contribution in [3.63, 3.8) is 0 Å². The first-order valence-corrected chi connectivity index (χ1v) is 21.5. The lowest BCUT2D eigenvalue weighted by molar-refractivity contribution is -0.870. The van der Waals surface area contributed by atoms with Crippen LogP contribution < -0.4 is 5.32 Å². The predicted octanol–water partition coefficient (Wildman–Crippen LogP) is 10.6. The summed E-state index contributed by atoms with van der Waals surface area (Å²) in [5.41, 5.74) is 0. The zero-order valence-corrected chi connectivity index (χ0v) is 34.4. The number of nitrogens with one attached hydrogen (secondary N) is 1. The number of aliphatic hydroxyl groups excluding tert-OH is 1. The van der Waals surface area contributed by atoms with E-state index in [1.165, 1.54) is 32.1 Å². The van der Waals surface area contributed by atoms with Crippen LogP contribution in [0.25, 0.3) is 0 Å². The monoisotopic (exact) mass is 748 g/mol. The first-order valence-electron chi connectivity index (χ1n) is 20.0. The van der Waals surface area contributed by atoms with Crippen molar-refractivity contribution < 1.29 is 32.9 Å². The van der Waals surface area contributed by atoms with Gasteiger partial charge in [-0.2, -0.15) is 0 Å². The largest absolute Gasteiger partial charge is 0.472 e. The Hall–Kier alpha value is -2.32. The van der Waals surface area contributed by atoms with E-state index in [-0.39, 0.29) is 19.1 Å². The summed E-state index contributed by atoms with van der Waals surface area (Å²) in [5.74, 6) is -0.225. The second-order valence-electron chi connectivity index (χ2n) is 14.3. The van der Waals surface area contributed by atoms with Gasteiger partial charge in [-0.05, 0) is 77.0 Å². The Morgan fingerprint density at radius 3 is 1.75 bits per heavy atom. The van der Waals surface area contributed by atoms with E-state index in [0.29, 0.717) is 23.9 Å². The number of quaternary nitrogens is 1. The van der Waals surface area contributed by atoms with E-state index < -0.39 is 20.0 Å². The van der Waals surface area contributed by atoms with E-state index >= 15 is 0 Å². The van der Waals surface area contributed by atoms with Gasteiger partial charge in [0.2, 0.25) is 5.91 Å². The third-order valence-electron chi connectivity index (χ3n) is 8.10. The summed E-state index contributed by atoms with van der Waals surface area (Å²) in [5, 5.41) is 13.7. The van der Waals surface area contributed by atoms with Crippen molar-refractivity contribution in [1.82, 2.24) is 5.32 Å². The molecule has 0 aliphatic rings. The maximum atomic E-state index is 12.8. The molecule has 298 valence electrons. The van der Waals surface area contributed by atoms with Gasteiger partial charge in [0.05, 0.1) is 39.9 Å². The highest BCUT2D eigenvalue weighted by Crippen LogP contribution is 2.43.